The van der Waals surface area contributed by atoms with Crippen LogP contribution in [0.3, 0.4) is 0 Å². The van der Waals surface area contributed by atoms with Gasteiger partial charge in [0.15, 0.2) is 12.0 Å². The van der Waals surface area contributed by atoms with Gasteiger partial charge >= 0.3 is 5.69 Å². The van der Waals surface area contributed by atoms with Gasteiger partial charge in [-0.3, -0.25) is 14.3 Å². The number of H-pyrrole nitrogens is 1. The third-order valence-corrected chi connectivity index (χ3v) is 3.79. The number of hydrogen-bond donors (Lipinski definition) is 3. The summed E-state index contributed by atoms with van der Waals surface area (Å²) in [5.74, 6) is -0.865. The van der Waals surface area contributed by atoms with Crippen molar-refractivity contribution in [2.45, 2.75) is 50.8 Å². The Balaban J connectivity index is 2.02. The van der Waals surface area contributed by atoms with Gasteiger partial charge in [0.1, 0.15) is 18.3 Å². The number of aromatic amines is 1. The van der Waals surface area contributed by atoms with Crippen molar-refractivity contribution in [3.05, 3.63) is 32.6 Å². The minimum Gasteiger partial charge on any atom is -0.394 e. The highest BCUT2D eigenvalue weighted by Gasteiger charge is 2.55. The van der Waals surface area contributed by atoms with E-state index in [1.54, 1.807) is 13.8 Å². The summed E-state index contributed by atoms with van der Waals surface area (Å²) in [7, 11) is 0. The van der Waals surface area contributed by atoms with Crippen molar-refractivity contribution in [1.29, 1.82) is 0 Å². The zero-order valence-corrected chi connectivity index (χ0v) is 12.2. The minimum absolute atomic E-state index is 0.0328. The molecule has 4 unspecified atom stereocenters. The van der Waals surface area contributed by atoms with Gasteiger partial charge in [-0.25, -0.2) is 4.79 Å². The van der Waals surface area contributed by atoms with Crippen LogP contribution < -0.4 is 11.2 Å². The number of aliphatic hydroxyl groups excluding tert-OH is 2. The fraction of sp³-hybridized carbons (Fsp3) is 0.692. The highest BCUT2D eigenvalue weighted by Crippen LogP contribution is 2.42. The first-order chi connectivity index (χ1) is 10.4. The lowest BCUT2D eigenvalue weighted by atomic mass is 10.1. The van der Waals surface area contributed by atoms with E-state index in [1.165, 1.54) is 6.20 Å². The SMILES string of the molecule is CC1(C)OC2C(CO)OC(n3cc(CO)c(=O)[nH]c3=O)C2O1. The molecule has 9 heteroatoms. The van der Waals surface area contributed by atoms with Crippen LogP contribution in [0.2, 0.25) is 0 Å². The number of nitrogens with zero attached hydrogens (tertiary/aromatic N) is 1. The molecular formula is C13H18N2O7. The van der Waals surface area contributed by atoms with Crippen molar-refractivity contribution in [1.82, 2.24) is 9.55 Å². The number of aliphatic hydroxyl groups is 2. The van der Waals surface area contributed by atoms with Gasteiger partial charge in [0.25, 0.3) is 5.56 Å². The molecule has 2 aliphatic rings. The summed E-state index contributed by atoms with van der Waals surface area (Å²) < 4.78 is 18.2. The van der Waals surface area contributed by atoms with E-state index in [2.05, 4.69) is 4.98 Å². The van der Waals surface area contributed by atoms with E-state index >= 15 is 0 Å². The summed E-state index contributed by atoms with van der Waals surface area (Å²) in [5.41, 5.74) is -1.30. The quantitative estimate of drug-likeness (QED) is 0.616. The van der Waals surface area contributed by atoms with E-state index in [-0.39, 0.29) is 12.2 Å². The van der Waals surface area contributed by atoms with E-state index in [9.17, 15) is 19.8 Å². The van der Waals surface area contributed by atoms with Crippen molar-refractivity contribution < 1.29 is 24.4 Å². The number of rotatable bonds is 3. The second kappa shape index (κ2) is 5.28. The van der Waals surface area contributed by atoms with Crippen molar-refractivity contribution in [3.63, 3.8) is 0 Å². The summed E-state index contributed by atoms with van der Waals surface area (Å²) in [4.78, 5) is 25.7. The zero-order valence-electron chi connectivity index (χ0n) is 12.2. The Morgan fingerprint density at radius 2 is 1.95 bits per heavy atom. The highest BCUT2D eigenvalue weighted by atomic mass is 16.8. The number of aromatic nitrogens is 2. The van der Waals surface area contributed by atoms with E-state index in [1.807, 2.05) is 0 Å². The molecule has 122 valence electrons. The maximum Gasteiger partial charge on any atom is 0.330 e. The second-order valence-corrected chi connectivity index (χ2v) is 5.79. The molecule has 3 heterocycles. The van der Waals surface area contributed by atoms with Crippen LogP contribution >= 0.6 is 0 Å². The Bertz CT molecular complexity index is 680. The Labute approximate surface area is 125 Å². The van der Waals surface area contributed by atoms with Crippen LogP contribution in [0, 0.1) is 0 Å². The molecule has 3 rings (SSSR count). The van der Waals surface area contributed by atoms with Gasteiger partial charge in [-0.2, -0.15) is 0 Å². The molecule has 0 spiro atoms. The zero-order chi connectivity index (χ0) is 16.1. The van der Waals surface area contributed by atoms with Crippen LogP contribution in [0.15, 0.2) is 15.8 Å². The van der Waals surface area contributed by atoms with Crippen LogP contribution in [0.5, 0.6) is 0 Å². The van der Waals surface area contributed by atoms with Gasteiger partial charge in [-0.1, -0.05) is 0 Å². The van der Waals surface area contributed by atoms with Crippen molar-refractivity contribution in [2.24, 2.45) is 0 Å². The van der Waals surface area contributed by atoms with E-state index < -0.39 is 48.2 Å². The molecule has 0 aromatic carbocycles. The number of hydrogen-bond acceptors (Lipinski definition) is 7. The largest absolute Gasteiger partial charge is 0.394 e. The van der Waals surface area contributed by atoms with Crippen molar-refractivity contribution in [2.75, 3.05) is 6.61 Å². The summed E-state index contributed by atoms with van der Waals surface area (Å²) in [6.45, 7) is 2.65. The molecule has 0 radical (unpaired) electrons. The number of nitrogens with one attached hydrogen (secondary N) is 1. The van der Waals surface area contributed by atoms with Gasteiger partial charge in [0.05, 0.1) is 18.8 Å². The topological polar surface area (TPSA) is 123 Å². The second-order valence-electron chi connectivity index (χ2n) is 5.79. The van der Waals surface area contributed by atoms with E-state index in [4.69, 9.17) is 14.2 Å². The summed E-state index contributed by atoms with van der Waals surface area (Å²) in [6.07, 6.45) is -1.41. The fourth-order valence-corrected chi connectivity index (χ4v) is 2.86. The van der Waals surface area contributed by atoms with Crippen molar-refractivity contribution in [3.8, 4) is 0 Å². The lowest BCUT2D eigenvalue weighted by Gasteiger charge is -2.24. The normalized spacial score (nSPS) is 33.1. The summed E-state index contributed by atoms with van der Waals surface area (Å²) in [6, 6.07) is 0. The van der Waals surface area contributed by atoms with Crippen LogP contribution in [0.1, 0.15) is 25.6 Å². The molecule has 0 aliphatic carbocycles. The predicted molar refractivity (Wildman–Crippen MR) is 72.1 cm³/mol. The van der Waals surface area contributed by atoms with Gasteiger partial charge in [-0.15, -0.1) is 0 Å². The molecule has 0 amide bonds. The maximum absolute atomic E-state index is 12.0. The average Bonchev–Trinajstić information content (AvgIpc) is 2.92. The lowest BCUT2D eigenvalue weighted by molar-refractivity contribution is -0.200. The van der Waals surface area contributed by atoms with E-state index in [0.29, 0.717) is 0 Å². The number of fused-ring (bicyclic) bond motifs is 1. The lowest BCUT2D eigenvalue weighted by Crippen LogP contribution is -2.38. The first-order valence-corrected chi connectivity index (χ1v) is 6.93. The standard InChI is InChI=1S/C13H18N2O7/c1-13(2)21-8-7(5-17)20-11(9(8)22-13)15-3-6(4-16)10(18)14-12(15)19/h3,7-9,11,16-17H,4-5H2,1-2H3,(H,14,18,19). The first kappa shape index (κ1) is 15.4. The predicted octanol–water partition coefficient (Wildman–Crippen LogP) is -1.56. The fourth-order valence-electron chi connectivity index (χ4n) is 2.86. The number of ether oxygens (including phenoxy) is 3. The molecule has 0 saturated carbocycles. The average molecular weight is 314 g/mol. The van der Waals surface area contributed by atoms with Crippen LogP contribution in [-0.2, 0) is 20.8 Å². The van der Waals surface area contributed by atoms with Crippen LogP contribution in [0.25, 0.3) is 0 Å². The van der Waals surface area contributed by atoms with Crippen LogP contribution in [0.4, 0.5) is 0 Å². The highest BCUT2D eigenvalue weighted by molar-refractivity contribution is 5.05. The first-order valence-electron chi connectivity index (χ1n) is 6.93. The molecular weight excluding hydrogens is 296 g/mol. The summed E-state index contributed by atoms with van der Waals surface area (Å²) in [5, 5.41) is 18.6. The summed E-state index contributed by atoms with van der Waals surface area (Å²) >= 11 is 0. The minimum atomic E-state index is -0.865. The molecule has 2 fully saturated rings. The molecule has 2 aliphatic heterocycles. The third-order valence-electron chi connectivity index (χ3n) is 3.79. The Morgan fingerprint density at radius 3 is 2.59 bits per heavy atom. The molecule has 22 heavy (non-hydrogen) atoms. The molecule has 4 atom stereocenters. The van der Waals surface area contributed by atoms with Gasteiger partial charge < -0.3 is 24.4 Å². The Morgan fingerprint density at radius 1 is 1.27 bits per heavy atom. The van der Waals surface area contributed by atoms with Gasteiger partial charge in [0.2, 0.25) is 0 Å². The monoisotopic (exact) mass is 314 g/mol. The molecule has 9 nitrogen and oxygen atoms in total. The molecule has 1 aromatic rings. The van der Waals surface area contributed by atoms with Gasteiger partial charge in [0, 0.05) is 6.20 Å². The van der Waals surface area contributed by atoms with E-state index in [0.717, 1.165) is 4.57 Å². The molecule has 2 saturated heterocycles. The van der Waals surface area contributed by atoms with Gasteiger partial charge in [-0.05, 0) is 13.8 Å². The van der Waals surface area contributed by atoms with Crippen molar-refractivity contribution >= 4 is 0 Å². The smallest absolute Gasteiger partial charge is 0.330 e. The molecule has 1 aromatic heterocycles. The molecule has 0 bridgehead atoms. The Hall–Kier alpha value is -1.52. The van der Waals surface area contributed by atoms with Crippen LogP contribution in [-0.4, -0.2) is 50.5 Å². The Kier molecular flexibility index (Phi) is 3.69. The maximum atomic E-state index is 12.0. The third kappa shape index (κ3) is 2.40. The molecule has 3 N–H and O–H groups in total.